The van der Waals surface area contributed by atoms with Crippen molar-refractivity contribution in [2.24, 2.45) is 0 Å². The Balaban J connectivity index is 1.54. The largest absolute Gasteiger partial charge is 0.469 e. The lowest BCUT2D eigenvalue weighted by Gasteiger charge is -2.30. The Morgan fingerprint density at radius 1 is 1.39 bits per heavy atom. The van der Waals surface area contributed by atoms with Crippen LogP contribution >= 0.6 is 0 Å². The molecule has 3 heterocycles. The minimum Gasteiger partial charge on any atom is -0.469 e. The molecule has 1 atom stereocenters. The highest BCUT2D eigenvalue weighted by molar-refractivity contribution is 5.43. The van der Waals surface area contributed by atoms with Crippen molar-refractivity contribution in [1.82, 2.24) is 9.97 Å². The minimum absolute atomic E-state index is 0.174. The zero-order chi connectivity index (χ0) is 16.1. The first kappa shape index (κ1) is 15.8. The molecule has 0 aliphatic carbocycles. The van der Waals surface area contributed by atoms with Crippen molar-refractivity contribution in [3.8, 4) is 0 Å². The zero-order valence-corrected chi connectivity index (χ0v) is 13.5. The molecule has 0 spiro atoms. The summed E-state index contributed by atoms with van der Waals surface area (Å²) in [5, 5.41) is 13.0. The molecule has 124 valence electrons. The lowest BCUT2D eigenvalue weighted by molar-refractivity contribution is 0.145. The molecule has 0 unspecified atom stereocenters. The highest BCUT2D eigenvalue weighted by Gasteiger charge is 2.18. The summed E-state index contributed by atoms with van der Waals surface area (Å²) < 4.78 is 5.36. The van der Waals surface area contributed by atoms with Crippen LogP contribution in [-0.2, 0) is 6.42 Å². The van der Waals surface area contributed by atoms with Gasteiger partial charge in [-0.05, 0) is 44.4 Å². The molecule has 1 aliphatic heterocycles. The number of hydrogen-bond donors (Lipinski definition) is 2. The lowest BCUT2D eigenvalue weighted by Crippen LogP contribution is -2.36. The fraction of sp³-hybridized carbons (Fsp3) is 0.529. The van der Waals surface area contributed by atoms with Crippen LogP contribution in [-0.4, -0.2) is 40.3 Å². The number of aliphatic hydroxyl groups excluding tert-OH is 1. The van der Waals surface area contributed by atoms with Gasteiger partial charge in [0.15, 0.2) is 0 Å². The van der Waals surface area contributed by atoms with Crippen LogP contribution in [0.4, 0.5) is 11.8 Å². The van der Waals surface area contributed by atoms with E-state index in [-0.39, 0.29) is 12.1 Å². The maximum Gasteiger partial charge on any atom is 0.224 e. The standard InChI is InChI=1S/C17H24N4O2/c1-13(4-5-15-3-2-12-23-15)19-17-18-9-6-16(20-17)21-10-7-14(22)8-11-21/h2-3,6,9,12-14,22H,4-5,7-8,10-11H2,1H3,(H,18,19,20)/t13-/m1/s1. The second-order valence-corrected chi connectivity index (χ2v) is 6.12. The average molecular weight is 316 g/mol. The highest BCUT2D eigenvalue weighted by Crippen LogP contribution is 2.19. The summed E-state index contributed by atoms with van der Waals surface area (Å²) in [4.78, 5) is 11.1. The van der Waals surface area contributed by atoms with Crippen LogP contribution in [0.25, 0.3) is 0 Å². The second kappa shape index (κ2) is 7.46. The molecule has 0 saturated carbocycles. The molecular weight excluding hydrogens is 292 g/mol. The Hall–Kier alpha value is -2.08. The third-order valence-corrected chi connectivity index (χ3v) is 4.21. The number of aromatic nitrogens is 2. The maximum atomic E-state index is 9.61. The van der Waals surface area contributed by atoms with Gasteiger partial charge in [-0.25, -0.2) is 4.98 Å². The Bertz CT molecular complexity index is 594. The summed E-state index contributed by atoms with van der Waals surface area (Å²) in [5.41, 5.74) is 0. The van der Waals surface area contributed by atoms with Crippen LogP contribution in [0.2, 0.25) is 0 Å². The number of piperidine rings is 1. The number of aliphatic hydroxyl groups is 1. The van der Waals surface area contributed by atoms with E-state index in [2.05, 4.69) is 27.1 Å². The van der Waals surface area contributed by atoms with Gasteiger partial charge in [-0.2, -0.15) is 4.98 Å². The topological polar surface area (TPSA) is 74.4 Å². The van der Waals surface area contributed by atoms with E-state index in [0.29, 0.717) is 5.95 Å². The van der Waals surface area contributed by atoms with Crippen LogP contribution in [0, 0.1) is 0 Å². The van der Waals surface area contributed by atoms with Crippen molar-refractivity contribution in [1.29, 1.82) is 0 Å². The monoisotopic (exact) mass is 316 g/mol. The van der Waals surface area contributed by atoms with Crippen LogP contribution in [0.3, 0.4) is 0 Å². The average Bonchev–Trinajstić information content (AvgIpc) is 3.07. The van der Waals surface area contributed by atoms with Crippen molar-refractivity contribution in [3.63, 3.8) is 0 Å². The number of rotatable bonds is 6. The van der Waals surface area contributed by atoms with E-state index in [1.807, 2.05) is 18.2 Å². The third kappa shape index (κ3) is 4.45. The molecule has 2 aromatic rings. The lowest BCUT2D eigenvalue weighted by atomic mass is 10.1. The predicted octanol–water partition coefficient (Wildman–Crippen LogP) is 2.46. The van der Waals surface area contributed by atoms with Gasteiger partial charge in [0.05, 0.1) is 12.4 Å². The number of hydrogen-bond acceptors (Lipinski definition) is 6. The molecule has 6 heteroatoms. The van der Waals surface area contributed by atoms with E-state index < -0.39 is 0 Å². The van der Waals surface area contributed by atoms with E-state index in [4.69, 9.17) is 4.42 Å². The smallest absolute Gasteiger partial charge is 0.224 e. The highest BCUT2D eigenvalue weighted by atomic mass is 16.3. The Labute approximate surface area is 136 Å². The van der Waals surface area contributed by atoms with Crippen molar-refractivity contribution >= 4 is 11.8 Å². The maximum absolute atomic E-state index is 9.61. The van der Waals surface area contributed by atoms with Gasteiger partial charge >= 0.3 is 0 Å². The Kier molecular flexibility index (Phi) is 5.12. The normalized spacial score (nSPS) is 17.2. The second-order valence-electron chi connectivity index (χ2n) is 6.12. The Morgan fingerprint density at radius 3 is 2.96 bits per heavy atom. The van der Waals surface area contributed by atoms with Crippen LogP contribution in [0.5, 0.6) is 0 Å². The van der Waals surface area contributed by atoms with Crippen molar-refractivity contribution < 1.29 is 9.52 Å². The molecular formula is C17H24N4O2. The van der Waals surface area contributed by atoms with Gasteiger partial charge in [0, 0.05) is 31.7 Å². The first-order valence-corrected chi connectivity index (χ1v) is 8.25. The SMILES string of the molecule is C[C@H](CCc1ccco1)Nc1nccc(N2CCC(O)CC2)n1. The molecule has 2 N–H and O–H groups in total. The predicted molar refractivity (Wildman–Crippen MR) is 89.6 cm³/mol. The molecule has 1 aliphatic rings. The van der Waals surface area contributed by atoms with E-state index in [1.165, 1.54) is 0 Å². The summed E-state index contributed by atoms with van der Waals surface area (Å²) in [6.45, 7) is 3.80. The van der Waals surface area contributed by atoms with E-state index in [9.17, 15) is 5.11 Å². The van der Waals surface area contributed by atoms with Gasteiger partial charge in [-0.3, -0.25) is 0 Å². The van der Waals surface area contributed by atoms with Crippen LogP contribution < -0.4 is 10.2 Å². The van der Waals surface area contributed by atoms with Gasteiger partial charge in [0.2, 0.25) is 5.95 Å². The molecule has 23 heavy (non-hydrogen) atoms. The molecule has 3 rings (SSSR count). The summed E-state index contributed by atoms with van der Waals surface area (Å²) >= 11 is 0. The number of anilines is 2. The molecule has 1 fully saturated rings. The quantitative estimate of drug-likeness (QED) is 0.853. The molecule has 0 aromatic carbocycles. The summed E-state index contributed by atoms with van der Waals surface area (Å²) in [6.07, 6.45) is 6.76. The van der Waals surface area contributed by atoms with Crippen molar-refractivity contribution in [3.05, 3.63) is 36.4 Å². The summed E-state index contributed by atoms with van der Waals surface area (Å²) in [7, 11) is 0. The van der Waals surface area contributed by atoms with E-state index in [0.717, 1.165) is 50.4 Å². The Morgan fingerprint density at radius 2 is 2.22 bits per heavy atom. The first-order valence-electron chi connectivity index (χ1n) is 8.25. The fourth-order valence-electron chi connectivity index (χ4n) is 2.80. The van der Waals surface area contributed by atoms with Crippen molar-refractivity contribution in [2.45, 2.75) is 44.8 Å². The third-order valence-electron chi connectivity index (χ3n) is 4.21. The molecule has 1 saturated heterocycles. The zero-order valence-electron chi connectivity index (χ0n) is 13.5. The molecule has 0 radical (unpaired) electrons. The van der Waals surface area contributed by atoms with Gasteiger partial charge in [-0.1, -0.05) is 0 Å². The number of aryl methyl sites for hydroxylation is 1. The van der Waals surface area contributed by atoms with Crippen LogP contribution in [0.15, 0.2) is 35.1 Å². The fourth-order valence-corrected chi connectivity index (χ4v) is 2.80. The summed E-state index contributed by atoms with van der Waals surface area (Å²) in [5.74, 6) is 2.58. The molecule has 0 amide bonds. The molecule has 6 nitrogen and oxygen atoms in total. The number of nitrogens with one attached hydrogen (secondary N) is 1. The van der Waals surface area contributed by atoms with Crippen LogP contribution in [0.1, 0.15) is 31.9 Å². The summed E-state index contributed by atoms with van der Waals surface area (Å²) in [6, 6.07) is 6.10. The number of furan rings is 1. The number of nitrogens with zero attached hydrogens (tertiary/aromatic N) is 3. The van der Waals surface area contributed by atoms with Gasteiger partial charge in [-0.15, -0.1) is 0 Å². The molecule has 0 bridgehead atoms. The molecule has 2 aromatic heterocycles. The van der Waals surface area contributed by atoms with Gasteiger partial charge in [0.25, 0.3) is 0 Å². The minimum atomic E-state index is -0.174. The van der Waals surface area contributed by atoms with Crippen molar-refractivity contribution in [2.75, 3.05) is 23.3 Å². The van der Waals surface area contributed by atoms with Gasteiger partial charge in [0.1, 0.15) is 11.6 Å². The first-order chi connectivity index (χ1) is 11.2. The van der Waals surface area contributed by atoms with Gasteiger partial charge < -0.3 is 19.7 Å². The van der Waals surface area contributed by atoms with E-state index in [1.54, 1.807) is 12.5 Å². The van der Waals surface area contributed by atoms with E-state index >= 15 is 0 Å².